The van der Waals surface area contributed by atoms with Gasteiger partial charge < -0.3 is 9.55 Å². The number of nitriles is 1. The molecule has 0 saturated heterocycles. The first-order chi connectivity index (χ1) is 9.28. The Balaban J connectivity index is 2.00. The van der Waals surface area contributed by atoms with Crippen molar-refractivity contribution >= 4 is 34.6 Å². The number of nitrogens with zero attached hydrogens (tertiary/aromatic N) is 3. The molecule has 0 bridgehead atoms. The second-order valence-corrected chi connectivity index (χ2v) is 5.26. The molecule has 1 N–H and O–H groups in total. The first-order valence-electron chi connectivity index (χ1n) is 5.77. The molecule has 0 atom stereocenters. The van der Waals surface area contributed by atoms with Gasteiger partial charge in [0.05, 0.1) is 33.9 Å². The molecule has 0 fully saturated rings. The van der Waals surface area contributed by atoms with E-state index < -0.39 is 0 Å². The van der Waals surface area contributed by atoms with E-state index >= 15 is 0 Å². The minimum atomic E-state index is 0.643. The summed E-state index contributed by atoms with van der Waals surface area (Å²) in [6.07, 6.45) is 0.835. The van der Waals surface area contributed by atoms with Crippen molar-refractivity contribution in [1.29, 1.82) is 5.26 Å². The van der Waals surface area contributed by atoms with Crippen LogP contribution in [0.25, 0.3) is 11.0 Å². The van der Waals surface area contributed by atoms with Gasteiger partial charge in [-0.1, -0.05) is 0 Å². The number of hydrogen-bond acceptors (Lipinski definition) is 4. The van der Waals surface area contributed by atoms with Crippen LogP contribution in [0.3, 0.4) is 0 Å². The molecule has 0 aliphatic carbocycles. The number of thiazole rings is 1. The number of aryl methyl sites for hydroxylation is 2. The molecule has 6 heteroatoms. The van der Waals surface area contributed by atoms with Gasteiger partial charge in [-0.05, 0) is 30.4 Å². The van der Waals surface area contributed by atoms with Crippen LogP contribution in [0, 0.1) is 16.1 Å². The zero-order chi connectivity index (χ0) is 13.2. The minimum Gasteiger partial charge on any atom is -0.331 e. The van der Waals surface area contributed by atoms with Gasteiger partial charge in [-0.2, -0.15) is 5.26 Å². The van der Waals surface area contributed by atoms with Gasteiger partial charge in [0, 0.05) is 18.3 Å². The Morgan fingerprint density at radius 1 is 1.47 bits per heavy atom. The molecule has 94 valence electrons. The van der Waals surface area contributed by atoms with Gasteiger partial charge in [-0.3, -0.25) is 0 Å². The molecular weight excluding hydrogens is 276 g/mol. The Hall–Kier alpha value is -1.97. The highest BCUT2D eigenvalue weighted by molar-refractivity contribution is 7.71. The molecule has 4 nitrogen and oxygen atoms in total. The standard InChI is InChI=1S/C13H10N4S2/c14-6-9-1-2-11-12(5-9)17(13(18)16-11)4-3-10-7-19-8-15-10/h1-2,5,7-8H,3-4H2,(H,16,18). The van der Waals surface area contributed by atoms with Crippen LogP contribution in [0.1, 0.15) is 11.3 Å². The molecule has 0 spiro atoms. The fourth-order valence-electron chi connectivity index (χ4n) is 2.03. The SMILES string of the molecule is N#Cc1ccc2[nH]c(=S)n(CCc3cscn3)c2c1. The highest BCUT2D eigenvalue weighted by Gasteiger charge is 2.06. The van der Waals surface area contributed by atoms with Crippen molar-refractivity contribution in [3.63, 3.8) is 0 Å². The lowest BCUT2D eigenvalue weighted by Gasteiger charge is -2.03. The fraction of sp³-hybridized carbons (Fsp3) is 0.154. The summed E-state index contributed by atoms with van der Waals surface area (Å²) in [6, 6.07) is 7.70. The average molecular weight is 286 g/mol. The second kappa shape index (κ2) is 4.96. The third-order valence-electron chi connectivity index (χ3n) is 2.98. The minimum absolute atomic E-state index is 0.643. The smallest absolute Gasteiger partial charge is 0.178 e. The van der Waals surface area contributed by atoms with Crippen LogP contribution in [0.15, 0.2) is 29.1 Å². The Bertz CT molecular complexity index is 805. The van der Waals surface area contributed by atoms with Crippen LogP contribution in [-0.2, 0) is 13.0 Å². The molecular formula is C13H10N4S2. The lowest BCUT2D eigenvalue weighted by molar-refractivity contribution is 0.697. The first kappa shape index (κ1) is 12.1. The Labute approximate surface area is 119 Å². The highest BCUT2D eigenvalue weighted by Crippen LogP contribution is 2.17. The molecule has 0 aliphatic rings. The number of aromatic nitrogens is 3. The van der Waals surface area contributed by atoms with Gasteiger partial charge in [0.15, 0.2) is 4.77 Å². The van der Waals surface area contributed by atoms with Gasteiger partial charge in [-0.25, -0.2) is 4.98 Å². The molecule has 2 aromatic heterocycles. The molecule has 1 aromatic carbocycles. The number of imidazole rings is 1. The summed E-state index contributed by atoms with van der Waals surface area (Å²) >= 11 is 6.93. The van der Waals surface area contributed by atoms with Gasteiger partial charge >= 0.3 is 0 Å². The van der Waals surface area contributed by atoms with Crippen LogP contribution < -0.4 is 0 Å². The number of H-pyrrole nitrogens is 1. The van der Waals surface area contributed by atoms with Crippen LogP contribution in [0.4, 0.5) is 0 Å². The third kappa shape index (κ3) is 2.30. The van der Waals surface area contributed by atoms with Crippen molar-refractivity contribution in [3.05, 3.63) is 45.1 Å². The largest absolute Gasteiger partial charge is 0.331 e. The van der Waals surface area contributed by atoms with E-state index in [9.17, 15) is 0 Å². The van der Waals surface area contributed by atoms with Crippen molar-refractivity contribution in [2.75, 3.05) is 0 Å². The number of nitrogens with one attached hydrogen (secondary N) is 1. The molecule has 0 saturated carbocycles. The molecule has 0 aliphatic heterocycles. The van der Waals surface area contributed by atoms with Gasteiger partial charge in [-0.15, -0.1) is 11.3 Å². The molecule has 0 radical (unpaired) electrons. The van der Waals surface area contributed by atoms with Gasteiger partial charge in [0.2, 0.25) is 0 Å². The Morgan fingerprint density at radius 2 is 2.37 bits per heavy atom. The molecule has 3 rings (SSSR count). The van der Waals surface area contributed by atoms with Crippen molar-refractivity contribution in [1.82, 2.24) is 14.5 Å². The van der Waals surface area contributed by atoms with E-state index in [4.69, 9.17) is 17.5 Å². The Kier molecular flexibility index (Phi) is 3.15. The van der Waals surface area contributed by atoms with E-state index in [1.807, 2.05) is 27.6 Å². The summed E-state index contributed by atoms with van der Waals surface area (Å²) in [7, 11) is 0. The third-order valence-corrected chi connectivity index (χ3v) is 3.94. The summed E-state index contributed by atoms with van der Waals surface area (Å²) in [5.41, 5.74) is 5.47. The zero-order valence-electron chi connectivity index (χ0n) is 9.96. The molecule has 0 amide bonds. The fourth-order valence-corrected chi connectivity index (χ4v) is 2.92. The van der Waals surface area contributed by atoms with Crippen molar-refractivity contribution in [2.24, 2.45) is 0 Å². The maximum absolute atomic E-state index is 8.97. The van der Waals surface area contributed by atoms with E-state index in [0.717, 1.165) is 29.7 Å². The molecule has 19 heavy (non-hydrogen) atoms. The topological polar surface area (TPSA) is 57.4 Å². The Morgan fingerprint density at radius 3 is 3.11 bits per heavy atom. The zero-order valence-corrected chi connectivity index (χ0v) is 11.6. The highest BCUT2D eigenvalue weighted by atomic mass is 32.1. The maximum atomic E-state index is 8.97. The van der Waals surface area contributed by atoms with Crippen molar-refractivity contribution < 1.29 is 0 Å². The van der Waals surface area contributed by atoms with Crippen LogP contribution in [0.2, 0.25) is 0 Å². The van der Waals surface area contributed by atoms with E-state index in [1.165, 1.54) is 0 Å². The number of rotatable bonds is 3. The predicted molar refractivity (Wildman–Crippen MR) is 77.7 cm³/mol. The van der Waals surface area contributed by atoms with Crippen molar-refractivity contribution in [2.45, 2.75) is 13.0 Å². The van der Waals surface area contributed by atoms with E-state index in [1.54, 1.807) is 17.4 Å². The summed E-state index contributed by atoms with van der Waals surface area (Å²) in [5, 5.41) is 11.0. The number of aromatic amines is 1. The quantitative estimate of drug-likeness (QED) is 0.752. The lowest BCUT2D eigenvalue weighted by atomic mass is 10.2. The predicted octanol–water partition coefficient (Wildman–Crippen LogP) is 3.27. The normalized spacial score (nSPS) is 10.7. The van der Waals surface area contributed by atoms with E-state index in [2.05, 4.69) is 16.0 Å². The number of benzene rings is 1. The van der Waals surface area contributed by atoms with Crippen LogP contribution >= 0.6 is 23.6 Å². The average Bonchev–Trinajstić information content (AvgIpc) is 3.03. The summed E-state index contributed by atoms with van der Waals surface area (Å²) in [4.78, 5) is 7.43. The van der Waals surface area contributed by atoms with Crippen LogP contribution in [-0.4, -0.2) is 14.5 Å². The summed E-state index contributed by atoms with van der Waals surface area (Å²) in [6.45, 7) is 0.761. The molecule has 0 unspecified atom stereocenters. The van der Waals surface area contributed by atoms with Gasteiger partial charge in [0.1, 0.15) is 0 Å². The number of hydrogen-bond donors (Lipinski definition) is 1. The summed E-state index contributed by atoms with van der Waals surface area (Å²) in [5.74, 6) is 0. The molecule has 3 aromatic rings. The van der Waals surface area contributed by atoms with Crippen molar-refractivity contribution in [3.8, 4) is 6.07 Å². The first-order valence-corrected chi connectivity index (χ1v) is 7.13. The second-order valence-electron chi connectivity index (χ2n) is 4.16. The maximum Gasteiger partial charge on any atom is 0.178 e. The van der Waals surface area contributed by atoms with Crippen LogP contribution in [0.5, 0.6) is 0 Å². The summed E-state index contributed by atoms with van der Waals surface area (Å²) < 4.78 is 2.70. The monoisotopic (exact) mass is 286 g/mol. The molecule has 2 heterocycles. The van der Waals surface area contributed by atoms with E-state index in [0.29, 0.717) is 10.3 Å². The lowest BCUT2D eigenvalue weighted by Crippen LogP contribution is -2.01. The number of fused-ring (bicyclic) bond motifs is 1. The van der Waals surface area contributed by atoms with Gasteiger partial charge in [0.25, 0.3) is 0 Å². The van der Waals surface area contributed by atoms with E-state index in [-0.39, 0.29) is 0 Å².